The third kappa shape index (κ3) is 4.36. The van der Waals surface area contributed by atoms with E-state index in [0.717, 1.165) is 11.3 Å². The fraction of sp³-hybridized carbons (Fsp3) is 0.500. The van der Waals surface area contributed by atoms with Gasteiger partial charge in [0.05, 0.1) is 4.90 Å². The molecule has 0 aliphatic carbocycles. The molecule has 1 aromatic carbocycles. The molecule has 0 aromatic heterocycles. The van der Waals surface area contributed by atoms with Crippen LogP contribution in [-0.2, 0) is 16.6 Å². The van der Waals surface area contributed by atoms with Gasteiger partial charge in [0.2, 0.25) is 10.0 Å². The van der Waals surface area contributed by atoms with Crippen LogP contribution in [-0.4, -0.2) is 45.4 Å². The molecule has 0 spiro atoms. The van der Waals surface area contributed by atoms with Crippen LogP contribution in [0.1, 0.15) is 5.56 Å². The van der Waals surface area contributed by atoms with E-state index in [1.807, 2.05) is 13.3 Å². The fourth-order valence-corrected chi connectivity index (χ4v) is 3.62. The Bertz CT molecular complexity index is 520. The van der Waals surface area contributed by atoms with Crippen molar-refractivity contribution in [2.45, 2.75) is 11.4 Å². The van der Waals surface area contributed by atoms with Crippen molar-refractivity contribution >= 4 is 33.4 Å². The van der Waals surface area contributed by atoms with Gasteiger partial charge in [0.25, 0.3) is 0 Å². The van der Waals surface area contributed by atoms with Gasteiger partial charge in [-0.2, -0.15) is 11.8 Å². The smallest absolute Gasteiger partial charge is 0.242 e. The van der Waals surface area contributed by atoms with Crippen LogP contribution >= 0.6 is 23.4 Å². The van der Waals surface area contributed by atoms with Gasteiger partial charge in [-0.15, -0.1) is 0 Å². The third-order valence-electron chi connectivity index (χ3n) is 2.71. The molecule has 0 unspecified atom stereocenters. The molecule has 0 amide bonds. The number of benzene rings is 1. The minimum absolute atomic E-state index is 0.237. The highest BCUT2D eigenvalue weighted by atomic mass is 35.5. The van der Waals surface area contributed by atoms with Crippen LogP contribution in [0, 0.1) is 0 Å². The van der Waals surface area contributed by atoms with Crippen molar-refractivity contribution < 1.29 is 8.42 Å². The molecule has 0 saturated carbocycles. The number of sulfonamides is 1. The van der Waals surface area contributed by atoms with Gasteiger partial charge < -0.3 is 5.32 Å². The summed E-state index contributed by atoms with van der Waals surface area (Å²) in [7, 11) is -0.0493. The lowest BCUT2D eigenvalue weighted by atomic mass is 10.2. The van der Waals surface area contributed by atoms with Crippen molar-refractivity contribution in [2.75, 3.05) is 32.6 Å². The molecular formula is C12H19ClN2O2S2. The first-order valence-corrected chi connectivity index (χ1v) is 9.03. The molecule has 4 nitrogen and oxygen atoms in total. The average Bonchev–Trinajstić information content (AvgIpc) is 2.38. The molecule has 0 atom stereocenters. The van der Waals surface area contributed by atoms with Gasteiger partial charge in [0.15, 0.2) is 0 Å². The van der Waals surface area contributed by atoms with E-state index >= 15 is 0 Å². The first-order valence-electron chi connectivity index (χ1n) is 5.81. The van der Waals surface area contributed by atoms with E-state index in [1.165, 1.54) is 10.4 Å². The van der Waals surface area contributed by atoms with Crippen molar-refractivity contribution in [2.24, 2.45) is 0 Å². The third-order valence-corrected chi connectivity index (χ3v) is 5.51. The lowest BCUT2D eigenvalue weighted by Crippen LogP contribution is -2.29. The first kappa shape index (κ1) is 16.8. The van der Waals surface area contributed by atoms with Crippen LogP contribution in [0.25, 0.3) is 0 Å². The number of nitrogens with one attached hydrogen (secondary N) is 1. The van der Waals surface area contributed by atoms with Crippen molar-refractivity contribution in [1.29, 1.82) is 0 Å². The summed E-state index contributed by atoms with van der Waals surface area (Å²) < 4.78 is 26.0. The number of nitrogens with zero attached hydrogens (tertiary/aromatic N) is 1. The molecule has 0 radical (unpaired) electrons. The standard InChI is InChI=1S/C12H19ClN2O2S2/c1-14-9-10-4-5-11(8-12(10)13)19(16,17)15(2)6-7-18-3/h4-5,8,14H,6-7,9H2,1-3H3. The average molecular weight is 323 g/mol. The summed E-state index contributed by atoms with van der Waals surface area (Å²) in [6, 6.07) is 4.86. The molecule has 0 aliphatic heterocycles. The maximum atomic E-state index is 12.3. The van der Waals surface area contributed by atoms with Crippen LogP contribution in [0.15, 0.2) is 23.1 Å². The molecule has 0 bridgehead atoms. The number of thioether (sulfide) groups is 1. The molecule has 108 valence electrons. The number of hydrogen-bond acceptors (Lipinski definition) is 4. The number of hydrogen-bond donors (Lipinski definition) is 1. The van der Waals surface area contributed by atoms with E-state index in [-0.39, 0.29) is 4.90 Å². The minimum atomic E-state index is -3.45. The Balaban J connectivity index is 2.99. The highest BCUT2D eigenvalue weighted by molar-refractivity contribution is 7.98. The van der Waals surface area contributed by atoms with E-state index in [2.05, 4.69) is 5.32 Å². The normalized spacial score (nSPS) is 12.1. The Morgan fingerprint density at radius 2 is 2.11 bits per heavy atom. The van der Waals surface area contributed by atoms with Gasteiger partial charge >= 0.3 is 0 Å². The van der Waals surface area contributed by atoms with Crippen LogP contribution in [0.3, 0.4) is 0 Å². The molecule has 1 rings (SSSR count). The van der Waals surface area contributed by atoms with Gasteiger partial charge in [0, 0.05) is 30.9 Å². The fourth-order valence-electron chi connectivity index (χ4n) is 1.54. The van der Waals surface area contributed by atoms with Crippen LogP contribution in [0.4, 0.5) is 0 Å². The molecule has 0 heterocycles. The van der Waals surface area contributed by atoms with Gasteiger partial charge in [-0.25, -0.2) is 12.7 Å². The quantitative estimate of drug-likeness (QED) is 0.834. The second-order valence-electron chi connectivity index (χ2n) is 4.10. The Labute approximate surface area is 124 Å². The largest absolute Gasteiger partial charge is 0.316 e. The van der Waals surface area contributed by atoms with Gasteiger partial charge in [-0.1, -0.05) is 17.7 Å². The second-order valence-corrected chi connectivity index (χ2v) is 7.54. The van der Waals surface area contributed by atoms with Crippen molar-refractivity contribution in [3.63, 3.8) is 0 Å². The zero-order chi connectivity index (χ0) is 14.5. The van der Waals surface area contributed by atoms with Crippen LogP contribution in [0.2, 0.25) is 5.02 Å². The maximum absolute atomic E-state index is 12.3. The summed E-state index contributed by atoms with van der Waals surface area (Å²) in [5.74, 6) is 0.765. The Morgan fingerprint density at radius 1 is 1.42 bits per heavy atom. The molecule has 0 fully saturated rings. The van der Waals surface area contributed by atoms with E-state index < -0.39 is 10.0 Å². The van der Waals surface area contributed by atoms with Crippen molar-refractivity contribution in [3.8, 4) is 0 Å². The summed E-state index contributed by atoms with van der Waals surface area (Å²) in [5, 5.41) is 3.45. The van der Waals surface area contributed by atoms with Crippen molar-refractivity contribution in [3.05, 3.63) is 28.8 Å². The topological polar surface area (TPSA) is 49.4 Å². The summed E-state index contributed by atoms with van der Waals surface area (Å²) in [4.78, 5) is 0.237. The molecular weight excluding hydrogens is 304 g/mol. The predicted octanol–water partition coefficient (Wildman–Crippen LogP) is 2.04. The molecule has 0 aliphatic rings. The lowest BCUT2D eigenvalue weighted by Gasteiger charge is -2.17. The van der Waals surface area contributed by atoms with Crippen molar-refractivity contribution in [1.82, 2.24) is 9.62 Å². The zero-order valence-corrected chi connectivity index (χ0v) is 13.7. The molecule has 1 N–H and O–H groups in total. The first-order chi connectivity index (χ1) is 8.93. The second kappa shape index (κ2) is 7.50. The monoisotopic (exact) mass is 322 g/mol. The maximum Gasteiger partial charge on any atom is 0.242 e. The van der Waals surface area contributed by atoms with Crippen LogP contribution in [0.5, 0.6) is 0 Å². The Morgan fingerprint density at radius 3 is 2.63 bits per heavy atom. The Kier molecular flexibility index (Phi) is 6.62. The van der Waals surface area contributed by atoms with E-state index in [0.29, 0.717) is 18.1 Å². The molecule has 7 heteroatoms. The van der Waals surface area contributed by atoms with Gasteiger partial charge in [-0.3, -0.25) is 0 Å². The molecule has 19 heavy (non-hydrogen) atoms. The molecule has 1 aromatic rings. The summed E-state index contributed by atoms with van der Waals surface area (Å²) in [5.41, 5.74) is 0.884. The van der Waals surface area contributed by atoms with E-state index in [1.54, 1.807) is 30.9 Å². The highest BCUT2D eigenvalue weighted by Gasteiger charge is 2.21. The Hall–Kier alpha value is -0.270. The van der Waals surface area contributed by atoms with E-state index in [9.17, 15) is 8.42 Å². The lowest BCUT2D eigenvalue weighted by molar-refractivity contribution is 0.488. The predicted molar refractivity (Wildman–Crippen MR) is 82.4 cm³/mol. The van der Waals surface area contributed by atoms with Gasteiger partial charge in [0.1, 0.15) is 0 Å². The van der Waals surface area contributed by atoms with Gasteiger partial charge in [-0.05, 0) is 31.0 Å². The zero-order valence-electron chi connectivity index (χ0n) is 11.3. The van der Waals surface area contributed by atoms with Crippen LogP contribution < -0.4 is 5.32 Å². The summed E-state index contributed by atoms with van der Waals surface area (Å²) >= 11 is 7.71. The SMILES string of the molecule is CNCc1ccc(S(=O)(=O)N(C)CCSC)cc1Cl. The number of rotatable bonds is 7. The number of halogens is 1. The van der Waals surface area contributed by atoms with E-state index in [4.69, 9.17) is 11.6 Å². The minimum Gasteiger partial charge on any atom is -0.316 e. The summed E-state index contributed by atoms with van der Waals surface area (Å²) in [6.07, 6.45) is 1.95. The molecule has 0 saturated heterocycles. The summed E-state index contributed by atoms with van der Waals surface area (Å²) in [6.45, 7) is 1.10. The highest BCUT2D eigenvalue weighted by Crippen LogP contribution is 2.22.